The van der Waals surface area contributed by atoms with Crippen LogP contribution in [0.2, 0.25) is 0 Å². The second-order valence-corrected chi connectivity index (χ2v) is 7.06. The van der Waals surface area contributed by atoms with Gasteiger partial charge in [0.05, 0.1) is 18.0 Å². The van der Waals surface area contributed by atoms with Gasteiger partial charge in [0, 0.05) is 50.0 Å². The van der Waals surface area contributed by atoms with Crippen LogP contribution < -0.4 is 11.1 Å². The zero-order chi connectivity index (χ0) is 19.3. The second kappa shape index (κ2) is 8.35. The maximum atomic E-state index is 5.84. The first-order valence-corrected chi connectivity index (χ1v) is 9.54. The van der Waals surface area contributed by atoms with Crippen molar-refractivity contribution in [1.82, 2.24) is 19.9 Å². The third kappa shape index (κ3) is 4.45. The number of nitrogen functional groups attached to an aromatic ring is 1. The van der Waals surface area contributed by atoms with Gasteiger partial charge in [-0.3, -0.25) is 4.98 Å². The van der Waals surface area contributed by atoms with Gasteiger partial charge >= 0.3 is 0 Å². The van der Waals surface area contributed by atoms with Crippen molar-refractivity contribution >= 4 is 23.3 Å². The molecule has 1 aliphatic carbocycles. The molecule has 0 unspecified atom stereocenters. The molecule has 0 bridgehead atoms. The molecule has 0 atom stereocenters. The molecule has 0 saturated heterocycles. The summed E-state index contributed by atoms with van der Waals surface area (Å²) >= 11 is 0. The van der Waals surface area contributed by atoms with Gasteiger partial charge in [0.25, 0.3) is 0 Å². The summed E-state index contributed by atoms with van der Waals surface area (Å²) < 4.78 is 5.25. The number of hydrogen-bond donors (Lipinski definition) is 2. The summed E-state index contributed by atoms with van der Waals surface area (Å²) in [5, 5.41) is 3.40. The van der Waals surface area contributed by atoms with E-state index < -0.39 is 0 Å². The highest BCUT2D eigenvalue weighted by Crippen LogP contribution is 2.34. The third-order valence-corrected chi connectivity index (χ3v) is 4.87. The van der Waals surface area contributed by atoms with Crippen molar-refractivity contribution in [3.8, 4) is 0 Å². The monoisotopic (exact) mass is 379 g/mol. The number of guanidine groups is 1. The molecular weight excluding hydrogens is 354 g/mol. The largest absolute Gasteiger partial charge is 0.383 e. The average molecular weight is 379 g/mol. The Labute approximate surface area is 164 Å². The van der Waals surface area contributed by atoms with E-state index in [1.165, 1.54) is 12.8 Å². The highest BCUT2D eigenvalue weighted by atomic mass is 16.5. The summed E-state index contributed by atoms with van der Waals surface area (Å²) in [6, 6.07) is 3.83. The van der Waals surface area contributed by atoms with E-state index in [9.17, 15) is 0 Å². The maximum absolute atomic E-state index is 5.84. The fourth-order valence-electron chi connectivity index (χ4n) is 3.15. The summed E-state index contributed by atoms with van der Waals surface area (Å²) in [6.07, 6.45) is 10.8. The van der Waals surface area contributed by atoms with E-state index in [-0.39, 0.29) is 0 Å². The molecule has 146 valence electrons. The number of anilines is 2. The van der Waals surface area contributed by atoms with Gasteiger partial charge in [-0.2, -0.15) is 0 Å². The zero-order valence-corrected chi connectivity index (χ0v) is 16.0. The van der Waals surface area contributed by atoms with Crippen LogP contribution in [0.4, 0.5) is 11.6 Å². The lowest BCUT2D eigenvalue weighted by atomic mass is 10.1. The molecule has 0 amide bonds. The summed E-state index contributed by atoms with van der Waals surface area (Å²) in [4.78, 5) is 19.8. The van der Waals surface area contributed by atoms with Crippen molar-refractivity contribution in [2.75, 3.05) is 37.9 Å². The Morgan fingerprint density at radius 2 is 2.11 bits per heavy atom. The van der Waals surface area contributed by atoms with E-state index >= 15 is 0 Å². The molecule has 0 aromatic carbocycles. The van der Waals surface area contributed by atoms with Gasteiger partial charge in [-0.05, 0) is 43.4 Å². The molecule has 28 heavy (non-hydrogen) atoms. The van der Waals surface area contributed by atoms with Gasteiger partial charge < -0.3 is 20.7 Å². The minimum Gasteiger partial charge on any atom is -0.383 e. The first-order valence-electron chi connectivity index (χ1n) is 9.54. The number of methoxy groups -OCH3 is 1. The van der Waals surface area contributed by atoms with Crippen LogP contribution in [0, 0.1) is 5.92 Å². The standard InChI is InChI=1S/C20H25N7O/c1-28-11-10-27-9-6-17(26-20(27)24-15-4-7-22-8-5-15)16-13-23-19(21)25-18(16)12-14-2-3-14/h4-8,13-14H,2-3,9-12H2,1H3,(H2,21,23,25)(H,22,24,26). The van der Waals surface area contributed by atoms with Crippen molar-refractivity contribution in [3.63, 3.8) is 0 Å². The van der Waals surface area contributed by atoms with Crippen LogP contribution >= 0.6 is 0 Å². The number of hydrogen-bond acceptors (Lipinski definition) is 8. The van der Waals surface area contributed by atoms with Crippen LogP contribution in [-0.4, -0.2) is 52.6 Å². The summed E-state index contributed by atoms with van der Waals surface area (Å²) in [5.74, 6) is 1.79. The molecule has 1 saturated carbocycles. The lowest BCUT2D eigenvalue weighted by Gasteiger charge is -2.29. The quantitative estimate of drug-likeness (QED) is 0.760. The van der Waals surface area contributed by atoms with Crippen molar-refractivity contribution in [2.45, 2.75) is 19.3 Å². The van der Waals surface area contributed by atoms with Crippen LogP contribution in [0.15, 0.2) is 41.8 Å². The van der Waals surface area contributed by atoms with E-state index in [0.717, 1.165) is 48.1 Å². The van der Waals surface area contributed by atoms with Gasteiger partial charge in [0.1, 0.15) is 0 Å². The molecule has 3 N–H and O–H groups in total. The van der Waals surface area contributed by atoms with Crippen molar-refractivity contribution in [3.05, 3.63) is 48.1 Å². The Morgan fingerprint density at radius 3 is 2.86 bits per heavy atom. The molecule has 0 radical (unpaired) electrons. The molecule has 1 aliphatic heterocycles. The molecule has 0 spiro atoms. The number of rotatable bonds is 7. The summed E-state index contributed by atoms with van der Waals surface area (Å²) in [7, 11) is 1.70. The minimum atomic E-state index is 0.316. The highest BCUT2D eigenvalue weighted by molar-refractivity contribution is 5.98. The van der Waals surface area contributed by atoms with E-state index in [2.05, 4.69) is 31.2 Å². The number of nitrogens with zero attached hydrogens (tertiary/aromatic N) is 5. The van der Waals surface area contributed by atoms with E-state index in [1.807, 2.05) is 12.1 Å². The first-order chi connectivity index (χ1) is 13.7. The Balaban J connectivity index is 1.63. The molecule has 8 heteroatoms. The smallest absolute Gasteiger partial charge is 0.220 e. The number of nitrogens with two attached hydrogens (primary N) is 1. The van der Waals surface area contributed by atoms with Crippen LogP contribution in [-0.2, 0) is 11.2 Å². The fraction of sp³-hybridized carbons (Fsp3) is 0.400. The fourth-order valence-corrected chi connectivity index (χ4v) is 3.15. The lowest BCUT2D eigenvalue weighted by Crippen LogP contribution is -2.40. The number of aliphatic imine (C=N–C) groups is 1. The number of pyridine rings is 1. The average Bonchev–Trinajstić information content (AvgIpc) is 3.52. The Bertz CT molecular complexity index is 877. The van der Waals surface area contributed by atoms with Gasteiger partial charge in [-0.1, -0.05) is 0 Å². The van der Waals surface area contributed by atoms with Crippen LogP contribution in [0.5, 0.6) is 0 Å². The second-order valence-electron chi connectivity index (χ2n) is 7.06. The highest BCUT2D eigenvalue weighted by Gasteiger charge is 2.26. The third-order valence-electron chi connectivity index (χ3n) is 4.87. The normalized spacial score (nSPS) is 16.5. The predicted molar refractivity (Wildman–Crippen MR) is 110 cm³/mol. The van der Waals surface area contributed by atoms with Crippen LogP contribution in [0.3, 0.4) is 0 Å². The van der Waals surface area contributed by atoms with Gasteiger partial charge in [-0.15, -0.1) is 0 Å². The Morgan fingerprint density at radius 1 is 1.29 bits per heavy atom. The zero-order valence-electron chi connectivity index (χ0n) is 16.0. The Kier molecular flexibility index (Phi) is 5.48. The van der Waals surface area contributed by atoms with E-state index in [1.54, 1.807) is 25.7 Å². The van der Waals surface area contributed by atoms with Gasteiger partial charge in [0.15, 0.2) is 0 Å². The van der Waals surface area contributed by atoms with Gasteiger partial charge in [-0.25, -0.2) is 15.0 Å². The van der Waals surface area contributed by atoms with E-state index in [0.29, 0.717) is 18.5 Å². The van der Waals surface area contributed by atoms with Crippen LogP contribution in [0.1, 0.15) is 24.1 Å². The molecule has 2 aromatic rings. The minimum absolute atomic E-state index is 0.316. The molecule has 8 nitrogen and oxygen atoms in total. The molecule has 2 aliphatic rings. The molecule has 1 fully saturated rings. The van der Waals surface area contributed by atoms with Crippen molar-refractivity contribution in [1.29, 1.82) is 0 Å². The van der Waals surface area contributed by atoms with Crippen molar-refractivity contribution < 1.29 is 4.74 Å². The van der Waals surface area contributed by atoms with Crippen molar-refractivity contribution in [2.24, 2.45) is 10.9 Å². The maximum Gasteiger partial charge on any atom is 0.220 e. The number of nitrogens with one attached hydrogen (secondary N) is 1. The molecule has 3 heterocycles. The molecular formula is C20H25N7O. The van der Waals surface area contributed by atoms with Gasteiger partial charge in [0.2, 0.25) is 11.9 Å². The predicted octanol–water partition coefficient (Wildman–Crippen LogP) is 2.18. The summed E-state index contributed by atoms with van der Waals surface area (Å²) in [5.41, 5.74) is 9.60. The molecule has 4 rings (SSSR count). The lowest BCUT2D eigenvalue weighted by molar-refractivity contribution is 0.179. The Hall–Kier alpha value is -3.00. The SMILES string of the molecule is COCCN1CC=C(c2cnc(N)nc2CC2CC2)N=C1Nc1ccncc1. The number of ether oxygens (including phenoxy) is 1. The summed E-state index contributed by atoms with van der Waals surface area (Å²) in [6.45, 7) is 2.09. The molecule has 2 aromatic heterocycles. The topological polar surface area (TPSA) is 102 Å². The van der Waals surface area contributed by atoms with Crippen LogP contribution in [0.25, 0.3) is 5.70 Å². The number of aromatic nitrogens is 3. The van der Waals surface area contributed by atoms with E-state index in [4.69, 9.17) is 15.5 Å². The first kappa shape index (κ1) is 18.4.